The molecule has 0 aliphatic carbocycles. The zero-order chi connectivity index (χ0) is 12.8. The number of rotatable bonds is 5. The number of terminal acetylenes is 1. The van der Waals surface area contributed by atoms with E-state index in [0.29, 0.717) is 17.1 Å². The van der Waals surface area contributed by atoms with E-state index in [-0.39, 0.29) is 12.2 Å². The van der Waals surface area contributed by atoms with E-state index >= 15 is 0 Å². The van der Waals surface area contributed by atoms with E-state index in [0.717, 1.165) is 0 Å². The summed E-state index contributed by atoms with van der Waals surface area (Å²) in [7, 11) is 3.02. The molecule has 4 heteroatoms. The van der Waals surface area contributed by atoms with E-state index in [1.165, 1.54) is 14.2 Å². The average Bonchev–Trinajstić information content (AvgIpc) is 2.37. The Kier molecular flexibility index (Phi) is 4.56. The Bertz CT molecular complexity index is 448. The highest BCUT2D eigenvalue weighted by Crippen LogP contribution is 2.25. The summed E-state index contributed by atoms with van der Waals surface area (Å²) in [6, 6.07) is 4.25. The Labute approximate surface area is 101 Å². The molecular formula is C13H15NO3. The predicted octanol–water partition coefficient (Wildman–Crippen LogP) is 1.24. The molecular weight excluding hydrogens is 218 g/mol. The van der Waals surface area contributed by atoms with Gasteiger partial charge < -0.3 is 15.2 Å². The molecule has 1 aromatic rings. The van der Waals surface area contributed by atoms with Crippen molar-refractivity contribution in [3.05, 3.63) is 23.8 Å². The molecule has 4 nitrogen and oxygen atoms in total. The molecule has 0 fully saturated rings. The van der Waals surface area contributed by atoms with Gasteiger partial charge in [-0.05, 0) is 18.2 Å². The minimum atomic E-state index is -0.721. The van der Waals surface area contributed by atoms with Gasteiger partial charge in [-0.25, -0.2) is 0 Å². The van der Waals surface area contributed by atoms with E-state index in [1.807, 2.05) is 0 Å². The van der Waals surface area contributed by atoms with Gasteiger partial charge in [0.15, 0.2) is 5.78 Å². The molecule has 17 heavy (non-hydrogen) atoms. The molecule has 0 aliphatic rings. The molecule has 0 heterocycles. The van der Waals surface area contributed by atoms with Crippen molar-refractivity contribution < 1.29 is 14.3 Å². The minimum Gasteiger partial charge on any atom is -0.497 e. The van der Waals surface area contributed by atoms with Gasteiger partial charge in [0.1, 0.15) is 11.5 Å². The largest absolute Gasteiger partial charge is 0.497 e. The number of ketones is 1. The Hall–Kier alpha value is -1.99. The fourth-order valence-electron chi connectivity index (χ4n) is 1.43. The number of ether oxygens (including phenoxy) is 2. The number of nitrogens with two attached hydrogens (primary N) is 1. The molecule has 0 amide bonds. The Morgan fingerprint density at radius 1 is 1.47 bits per heavy atom. The first-order valence-electron chi connectivity index (χ1n) is 5.09. The molecule has 0 aromatic heterocycles. The van der Waals surface area contributed by atoms with E-state index in [9.17, 15) is 4.79 Å². The van der Waals surface area contributed by atoms with Gasteiger partial charge in [-0.3, -0.25) is 4.79 Å². The molecule has 0 radical (unpaired) electrons. The highest BCUT2D eigenvalue weighted by atomic mass is 16.5. The Balaban J connectivity index is 3.10. The number of hydrogen-bond donors (Lipinski definition) is 1. The van der Waals surface area contributed by atoms with Crippen molar-refractivity contribution in [1.29, 1.82) is 0 Å². The van der Waals surface area contributed by atoms with Gasteiger partial charge in [0.25, 0.3) is 0 Å². The normalized spacial score (nSPS) is 11.4. The van der Waals surface area contributed by atoms with Crippen LogP contribution in [0.2, 0.25) is 0 Å². The fourth-order valence-corrected chi connectivity index (χ4v) is 1.43. The molecule has 1 aromatic carbocycles. The van der Waals surface area contributed by atoms with Crippen LogP contribution in [0.3, 0.4) is 0 Å². The van der Waals surface area contributed by atoms with Crippen molar-refractivity contribution >= 4 is 5.78 Å². The predicted molar refractivity (Wildman–Crippen MR) is 65.3 cm³/mol. The van der Waals surface area contributed by atoms with Gasteiger partial charge in [0.2, 0.25) is 0 Å². The lowest BCUT2D eigenvalue weighted by Gasteiger charge is -2.12. The Morgan fingerprint density at radius 2 is 2.18 bits per heavy atom. The van der Waals surface area contributed by atoms with Crippen LogP contribution in [-0.4, -0.2) is 26.0 Å². The van der Waals surface area contributed by atoms with Crippen LogP contribution in [0.15, 0.2) is 18.2 Å². The highest BCUT2D eigenvalue weighted by molar-refractivity contribution is 6.02. The molecule has 1 atom stereocenters. The summed E-state index contributed by atoms with van der Waals surface area (Å²) in [6.07, 6.45) is 5.33. The molecule has 0 saturated heterocycles. The van der Waals surface area contributed by atoms with Gasteiger partial charge in [-0.15, -0.1) is 12.3 Å². The maximum absolute atomic E-state index is 12.0. The topological polar surface area (TPSA) is 61.6 Å². The van der Waals surface area contributed by atoms with Crippen molar-refractivity contribution in [2.75, 3.05) is 14.2 Å². The number of carbonyl (C=O) groups is 1. The van der Waals surface area contributed by atoms with Gasteiger partial charge in [-0.1, -0.05) is 0 Å². The van der Waals surface area contributed by atoms with Crippen LogP contribution in [0.4, 0.5) is 0 Å². The first-order chi connectivity index (χ1) is 8.13. The second-order valence-electron chi connectivity index (χ2n) is 3.45. The smallest absolute Gasteiger partial charge is 0.184 e. The maximum Gasteiger partial charge on any atom is 0.184 e. The molecule has 90 valence electrons. The summed E-state index contributed by atoms with van der Waals surface area (Å²) >= 11 is 0. The molecule has 1 rings (SSSR count). The van der Waals surface area contributed by atoms with Crippen molar-refractivity contribution in [2.45, 2.75) is 12.5 Å². The van der Waals surface area contributed by atoms with E-state index in [4.69, 9.17) is 21.6 Å². The number of hydrogen-bond acceptors (Lipinski definition) is 4. The fraction of sp³-hybridized carbons (Fsp3) is 0.308. The van der Waals surface area contributed by atoms with Crippen LogP contribution >= 0.6 is 0 Å². The summed E-state index contributed by atoms with van der Waals surface area (Å²) in [5.41, 5.74) is 6.07. The number of methoxy groups -OCH3 is 2. The molecule has 0 spiro atoms. The third-order valence-electron chi connectivity index (χ3n) is 2.35. The summed E-state index contributed by atoms with van der Waals surface area (Å²) in [4.78, 5) is 12.0. The number of benzene rings is 1. The maximum atomic E-state index is 12.0. The van der Waals surface area contributed by atoms with Crippen LogP contribution in [0.25, 0.3) is 0 Å². The van der Waals surface area contributed by atoms with Crippen LogP contribution in [0.1, 0.15) is 16.8 Å². The van der Waals surface area contributed by atoms with Gasteiger partial charge in [0.05, 0.1) is 25.8 Å². The summed E-state index contributed by atoms with van der Waals surface area (Å²) in [6.45, 7) is 0. The molecule has 1 unspecified atom stereocenters. The van der Waals surface area contributed by atoms with Crippen LogP contribution in [0.5, 0.6) is 11.5 Å². The molecule has 0 saturated carbocycles. The zero-order valence-electron chi connectivity index (χ0n) is 9.90. The lowest BCUT2D eigenvalue weighted by atomic mass is 10.0. The van der Waals surface area contributed by atoms with Crippen LogP contribution < -0.4 is 15.2 Å². The van der Waals surface area contributed by atoms with Gasteiger partial charge in [0, 0.05) is 6.42 Å². The first kappa shape index (κ1) is 13.1. The quantitative estimate of drug-likeness (QED) is 0.614. The molecule has 0 bridgehead atoms. The Morgan fingerprint density at radius 3 is 2.71 bits per heavy atom. The standard InChI is InChI=1S/C13H15NO3/c1-4-5-11(14)13(15)10-8-9(16-2)6-7-12(10)17-3/h1,6-8,11H,5,14H2,2-3H3. The lowest BCUT2D eigenvalue weighted by molar-refractivity contribution is 0.0959. The lowest BCUT2D eigenvalue weighted by Crippen LogP contribution is -2.30. The zero-order valence-corrected chi connectivity index (χ0v) is 9.90. The average molecular weight is 233 g/mol. The molecule has 2 N–H and O–H groups in total. The monoisotopic (exact) mass is 233 g/mol. The van der Waals surface area contributed by atoms with Gasteiger partial charge in [-0.2, -0.15) is 0 Å². The second-order valence-corrected chi connectivity index (χ2v) is 3.45. The van der Waals surface area contributed by atoms with Gasteiger partial charge >= 0.3 is 0 Å². The summed E-state index contributed by atoms with van der Waals surface area (Å²) in [5, 5.41) is 0. The van der Waals surface area contributed by atoms with Crippen molar-refractivity contribution in [1.82, 2.24) is 0 Å². The first-order valence-corrected chi connectivity index (χ1v) is 5.09. The van der Waals surface area contributed by atoms with Crippen molar-refractivity contribution in [3.63, 3.8) is 0 Å². The van der Waals surface area contributed by atoms with Crippen molar-refractivity contribution in [2.24, 2.45) is 5.73 Å². The SMILES string of the molecule is C#CCC(N)C(=O)c1cc(OC)ccc1OC. The van der Waals surface area contributed by atoms with Crippen LogP contribution in [-0.2, 0) is 0 Å². The second kappa shape index (κ2) is 5.92. The number of Topliss-reactive ketones (excluding diaryl/α,β-unsaturated/α-hetero) is 1. The highest BCUT2D eigenvalue weighted by Gasteiger charge is 2.19. The third-order valence-corrected chi connectivity index (χ3v) is 2.35. The minimum absolute atomic E-state index is 0.194. The summed E-state index contributed by atoms with van der Waals surface area (Å²) in [5.74, 6) is 3.15. The summed E-state index contributed by atoms with van der Waals surface area (Å²) < 4.78 is 10.2. The van der Waals surface area contributed by atoms with E-state index in [2.05, 4.69) is 5.92 Å². The third kappa shape index (κ3) is 2.99. The number of carbonyl (C=O) groups excluding carboxylic acids is 1. The van der Waals surface area contributed by atoms with Crippen molar-refractivity contribution in [3.8, 4) is 23.8 Å². The van der Waals surface area contributed by atoms with Crippen LogP contribution in [0, 0.1) is 12.3 Å². The van der Waals surface area contributed by atoms with E-state index in [1.54, 1.807) is 18.2 Å². The van der Waals surface area contributed by atoms with E-state index < -0.39 is 6.04 Å². The molecule has 0 aliphatic heterocycles.